The van der Waals surface area contributed by atoms with Crippen LogP contribution in [0.2, 0.25) is 0 Å². The van der Waals surface area contributed by atoms with Gasteiger partial charge < -0.3 is 19.7 Å². The monoisotopic (exact) mass is 367 g/mol. The van der Waals surface area contributed by atoms with Crippen molar-refractivity contribution < 1.29 is 14.3 Å². The first-order valence-corrected chi connectivity index (χ1v) is 9.53. The second-order valence-electron chi connectivity index (χ2n) is 7.06. The number of rotatable bonds is 6. The van der Waals surface area contributed by atoms with Gasteiger partial charge in [0.2, 0.25) is 0 Å². The number of amides is 1. The molecule has 0 spiro atoms. The molecular weight excluding hydrogens is 342 g/mol. The lowest BCUT2D eigenvalue weighted by Gasteiger charge is -2.20. The lowest BCUT2D eigenvalue weighted by atomic mass is 9.93. The molecule has 3 heterocycles. The van der Waals surface area contributed by atoms with Gasteiger partial charge in [-0.2, -0.15) is 0 Å². The maximum atomic E-state index is 12.9. The third-order valence-electron chi connectivity index (χ3n) is 5.33. The van der Waals surface area contributed by atoms with Crippen LogP contribution in [0.3, 0.4) is 0 Å². The number of likely N-dealkylation sites (tertiary alicyclic amines) is 1. The summed E-state index contributed by atoms with van der Waals surface area (Å²) in [4.78, 5) is 19.1. The van der Waals surface area contributed by atoms with Gasteiger partial charge in [0.05, 0.1) is 19.3 Å². The predicted molar refractivity (Wildman–Crippen MR) is 103 cm³/mol. The largest absolute Gasteiger partial charge is 0.494 e. The number of aromatic nitrogens is 1. The minimum atomic E-state index is 0.0472. The third-order valence-corrected chi connectivity index (χ3v) is 5.33. The number of nitrogens with zero attached hydrogens (tertiary/aromatic N) is 2. The van der Waals surface area contributed by atoms with Crippen molar-refractivity contribution in [1.82, 2.24) is 9.88 Å². The zero-order valence-electron chi connectivity index (χ0n) is 15.5. The van der Waals surface area contributed by atoms with Crippen molar-refractivity contribution in [3.05, 3.63) is 54.2 Å². The Hall–Kier alpha value is -2.60. The van der Waals surface area contributed by atoms with Crippen LogP contribution in [-0.4, -0.2) is 54.7 Å². The number of nitrogens with one attached hydrogen (secondary N) is 1. The van der Waals surface area contributed by atoms with E-state index in [0.717, 1.165) is 31.3 Å². The standard InChI is InChI=1S/C21H25N3O3/c1-2-26-17-7-5-6-15(10-17)21(25)24-12-18-16(14-27-19(18)13-24)11-23-20-8-3-4-9-22-20/h3-10,16,18-19H,2,11-14H2,1H3,(H,22,23)/t16-,18+,19+/m0/s1. The predicted octanol–water partition coefficient (Wildman–Crippen LogP) is 2.68. The topological polar surface area (TPSA) is 63.7 Å². The first-order valence-electron chi connectivity index (χ1n) is 9.53. The summed E-state index contributed by atoms with van der Waals surface area (Å²) in [5, 5.41) is 3.39. The molecule has 1 amide bonds. The van der Waals surface area contributed by atoms with Crippen molar-refractivity contribution in [3.63, 3.8) is 0 Å². The van der Waals surface area contributed by atoms with Crippen LogP contribution >= 0.6 is 0 Å². The fraction of sp³-hybridized carbons (Fsp3) is 0.429. The van der Waals surface area contributed by atoms with Crippen molar-refractivity contribution in [1.29, 1.82) is 0 Å². The van der Waals surface area contributed by atoms with E-state index < -0.39 is 0 Å². The number of carbonyl (C=O) groups is 1. The van der Waals surface area contributed by atoms with Crippen molar-refractivity contribution >= 4 is 11.7 Å². The Balaban J connectivity index is 1.37. The average Bonchev–Trinajstić information content (AvgIpc) is 3.28. The molecule has 6 nitrogen and oxygen atoms in total. The number of fused-ring (bicyclic) bond motifs is 1. The normalized spacial score (nSPS) is 23.9. The lowest BCUT2D eigenvalue weighted by molar-refractivity contribution is 0.0680. The number of benzene rings is 1. The molecule has 0 aliphatic carbocycles. The Morgan fingerprint density at radius 3 is 3.04 bits per heavy atom. The molecule has 1 aromatic heterocycles. The molecule has 3 atom stereocenters. The van der Waals surface area contributed by atoms with E-state index in [4.69, 9.17) is 9.47 Å². The smallest absolute Gasteiger partial charge is 0.254 e. The van der Waals surface area contributed by atoms with Crippen LogP contribution in [0.5, 0.6) is 5.75 Å². The van der Waals surface area contributed by atoms with Crippen LogP contribution in [0, 0.1) is 11.8 Å². The van der Waals surface area contributed by atoms with Gasteiger partial charge in [-0.25, -0.2) is 4.98 Å². The zero-order valence-corrected chi connectivity index (χ0v) is 15.5. The van der Waals surface area contributed by atoms with E-state index in [9.17, 15) is 4.79 Å². The molecule has 2 fully saturated rings. The van der Waals surface area contributed by atoms with Gasteiger partial charge >= 0.3 is 0 Å². The molecule has 0 unspecified atom stereocenters. The molecule has 2 aliphatic heterocycles. The number of hydrogen-bond donors (Lipinski definition) is 1. The molecule has 2 aromatic rings. The van der Waals surface area contributed by atoms with E-state index in [1.807, 2.05) is 54.3 Å². The molecule has 0 saturated carbocycles. The van der Waals surface area contributed by atoms with E-state index in [1.54, 1.807) is 6.20 Å². The van der Waals surface area contributed by atoms with Gasteiger partial charge in [0, 0.05) is 43.2 Å². The highest BCUT2D eigenvalue weighted by molar-refractivity contribution is 5.94. The molecule has 1 N–H and O–H groups in total. The lowest BCUT2D eigenvalue weighted by Crippen LogP contribution is -2.32. The zero-order chi connectivity index (χ0) is 18.6. The molecule has 0 radical (unpaired) electrons. The number of pyridine rings is 1. The van der Waals surface area contributed by atoms with E-state index in [2.05, 4.69) is 10.3 Å². The van der Waals surface area contributed by atoms with Gasteiger partial charge in [0.15, 0.2) is 0 Å². The van der Waals surface area contributed by atoms with Crippen LogP contribution in [0.15, 0.2) is 48.7 Å². The van der Waals surface area contributed by atoms with Crippen LogP contribution in [0.1, 0.15) is 17.3 Å². The Labute approximate surface area is 159 Å². The average molecular weight is 367 g/mol. The van der Waals surface area contributed by atoms with Gasteiger partial charge in [-0.1, -0.05) is 12.1 Å². The maximum absolute atomic E-state index is 12.9. The van der Waals surface area contributed by atoms with Gasteiger partial charge in [-0.15, -0.1) is 0 Å². The second-order valence-corrected chi connectivity index (χ2v) is 7.06. The van der Waals surface area contributed by atoms with Gasteiger partial charge in [0.1, 0.15) is 11.6 Å². The summed E-state index contributed by atoms with van der Waals surface area (Å²) in [5.74, 6) is 2.40. The summed E-state index contributed by atoms with van der Waals surface area (Å²) < 4.78 is 11.5. The van der Waals surface area contributed by atoms with Gasteiger partial charge in [0.25, 0.3) is 5.91 Å². The molecule has 2 aliphatic rings. The number of anilines is 1. The van der Waals surface area contributed by atoms with E-state index in [-0.39, 0.29) is 12.0 Å². The van der Waals surface area contributed by atoms with Crippen molar-refractivity contribution in [3.8, 4) is 5.75 Å². The Bertz CT molecular complexity index is 783. The number of ether oxygens (including phenoxy) is 2. The molecule has 2 saturated heterocycles. The third kappa shape index (κ3) is 3.90. The summed E-state index contributed by atoms with van der Waals surface area (Å²) in [6.45, 7) is 5.45. The highest BCUT2D eigenvalue weighted by Crippen LogP contribution is 2.34. The van der Waals surface area contributed by atoms with Crippen LogP contribution in [-0.2, 0) is 4.74 Å². The molecule has 27 heavy (non-hydrogen) atoms. The minimum Gasteiger partial charge on any atom is -0.494 e. The SMILES string of the molecule is CCOc1cccc(C(=O)N2C[C@@H]3[C@@H](CNc4ccccn4)CO[C@@H]3C2)c1. The van der Waals surface area contributed by atoms with Crippen molar-refractivity contribution in [2.24, 2.45) is 11.8 Å². The molecule has 1 aromatic carbocycles. The molecular formula is C21H25N3O3. The quantitative estimate of drug-likeness (QED) is 0.850. The summed E-state index contributed by atoms with van der Waals surface area (Å²) in [6.07, 6.45) is 1.90. The first kappa shape index (κ1) is 17.8. The van der Waals surface area contributed by atoms with Crippen LogP contribution in [0.25, 0.3) is 0 Å². The van der Waals surface area contributed by atoms with Crippen molar-refractivity contribution in [2.75, 3.05) is 38.2 Å². The fourth-order valence-corrected chi connectivity index (χ4v) is 3.95. The Morgan fingerprint density at radius 2 is 2.22 bits per heavy atom. The van der Waals surface area contributed by atoms with Crippen LogP contribution < -0.4 is 10.1 Å². The van der Waals surface area contributed by atoms with Gasteiger partial charge in [-0.3, -0.25) is 4.79 Å². The minimum absolute atomic E-state index is 0.0472. The molecule has 6 heteroatoms. The summed E-state index contributed by atoms with van der Waals surface area (Å²) in [5.41, 5.74) is 0.670. The Kier molecular flexibility index (Phi) is 5.25. The summed E-state index contributed by atoms with van der Waals surface area (Å²) >= 11 is 0. The summed E-state index contributed by atoms with van der Waals surface area (Å²) in [6, 6.07) is 13.2. The van der Waals surface area contributed by atoms with Crippen molar-refractivity contribution in [2.45, 2.75) is 13.0 Å². The summed E-state index contributed by atoms with van der Waals surface area (Å²) in [7, 11) is 0. The van der Waals surface area contributed by atoms with Gasteiger partial charge in [-0.05, 0) is 37.3 Å². The molecule has 142 valence electrons. The first-order chi connectivity index (χ1) is 13.2. The highest BCUT2D eigenvalue weighted by Gasteiger charge is 2.45. The highest BCUT2D eigenvalue weighted by atomic mass is 16.5. The number of carbonyl (C=O) groups excluding carboxylic acids is 1. The molecule has 0 bridgehead atoms. The Morgan fingerprint density at radius 1 is 1.30 bits per heavy atom. The maximum Gasteiger partial charge on any atom is 0.254 e. The molecule has 4 rings (SSSR count). The van der Waals surface area contributed by atoms with E-state index >= 15 is 0 Å². The van der Waals surface area contributed by atoms with Crippen LogP contribution in [0.4, 0.5) is 5.82 Å². The van der Waals surface area contributed by atoms with E-state index in [1.165, 1.54) is 0 Å². The second kappa shape index (κ2) is 7.96. The van der Waals surface area contributed by atoms with E-state index in [0.29, 0.717) is 30.6 Å². The fourth-order valence-electron chi connectivity index (χ4n) is 3.95. The number of hydrogen-bond acceptors (Lipinski definition) is 5.